The van der Waals surface area contributed by atoms with Crippen LogP contribution in [-0.2, 0) is 15.3 Å². The van der Waals surface area contributed by atoms with Gasteiger partial charge < -0.3 is 0 Å². The second-order valence-corrected chi connectivity index (χ2v) is 3.27. The number of amides is 2. The zero-order valence-electron chi connectivity index (χ0n) is 5.55. The maximum absolute atomic E-state index is 10.7. The van der Waals surface area contributed by atoms with Crippen LogP contribution in [0.1, 0.15) is 0 Å². The molecule has 1 aliphatic heterocycles. The molecule has 1 aliphatic rings. The number of hydrogen-bond donors (Lipinski definition) is 0. The van der Waals surface area contributed by atoms with Gasteiger partial charge in [0.2, 0.25) is 0 Å². The van der Waals surface area contributed by atoms with Gasteiger partial charge in [-0.1, -0.05) is 16.1 Å². The summed E-state index contributed by atoms with van der Waals surface area (Å²) in [5.41, 5.74) is -0.116. The molecule has 2 amide bonds. The third-order valence-electron chi connectivity index (χ3n) is 0.963. The van der Waals surface area contributed by atoms with Gasteiger partial charge in [-0.2, -0.15) is 8.42 Å². The first-order valence-corrected chi connectivity index (χ1v) is 4.71. The average Bonchev–Trinajstić information content (AvgIpc) is 2.34. The number of carbonyl (C=O) groups excluding carboxylic acids is 2. The van der Waals surface area contributed by atoms with E-state index in [1.165, 1.54) is 0 Å². The van der Waals surface area contributed by atoms with Gasteiger partial charge in [0, 0.05) is 0 Å². The summed E-state index contributed by atoms with van der Waals surface area (Å²) in [6.07, 6.45) is 0. The standard InChI is InChI=1S/C4H2N2O4S2/c7-3(6-12(9)10)2-1-11-4(8)5-2/h1H2. The summed E-state index contributed by atoms with van der Waals surface area (Å²) in [4.78, 5) is 24.5. The van der Waals surface area contributed by atoms with Crippen LogP contribution >= 0.6 is 11.8 Å². The van der Waals surface area contributed by atoms with Crippen molar-refractivity contribution in [2.45, 2.75) is 0 Å². The van der Waals surface area contributed by atoms with E-state index >= 15 is 0 Å². The van der Waals surface area contributed by atoms with E-state index < -0.39 is 21.6 Å². The molecule has 0 radical (unpaired) electrons. The molecule has 64 valence electrons. The smallest absolute Gasteiger partial charge is 0.264 e. The molecule has 0 unspecified atom stereocenters. The van der Waals surface area contributed by atoms with Crippen LogP contribution in [0.3, 0.4) is 0 Å². The first-order chi connectivity index (χ1) is 5.59. The van der Waals surface area contributed by atoms with Gasteiger partial charge in [-0.3, -0.25) is 9.59 Å². The highest BCUT2D eigenvalue weighted by Crippen LogP contribution is 2.14. The predicted octanol–water partition coefficient (Wildman–Crippen LogP) is -0.116. The molecule has 0 saturated heterocycles. The number of rotatable bonds is 1. The Morgan fingerprint density at radius 3 is 2.67 bits per heavy atom. The molecule has 8 heteroatoms. The molecule has 1 rings (SSSR count). The fourth-order valence-corrected chi connectivity index (χ4v) is 1.40. The van der Waals surface area contributed by atoms with Gasteiger partial charge in [0.15, 0.2) is 0 Å². The average molecular weight is 206 g/mol. The van der Waals surface area contributed by atoms with Crippen molar-refractivity contribution < 1.29 is 18.0 Å². The van der Waals surface area contributed by atoms with Crippen molar-refractivity contribution in [2.75, 3.05) is 5.75 Å². The lowest BCUT2D eigenvalue weighted by Crippen LogP contribution is -2.10. The predicted molar refractivity (Wildman–Crippen MR) is 41.6 cm³/mol. The molecule has 0 aromatic carbocycles. The van der Waals surface area contributed by atoms with Crippen LogP contribution in [-0.4, -0.2) is 31.0 Å². The third-order valence-corrected chi connectivity index (χ3v) is 2.03. The minimum absolute atomic E-state index is 0.0956. The van der Waals surface area contributed by atoms with Crippen molar-refractivity contribution in [1.29, 1.82) is 0 Å². The summed E-state index contributed by atoms with van der Waals surface area (Å²) < 4.78 is 22.5. The number of carbonyl (C=O) groups is 2. The summed E-state index contributed by atoms with van der Waals surface area (Å²) in [5, 5.41) is -0.495. The molecular formula is C4H2N2O4S2. The topological polar surface area (TPSA) is 93.0 Å². The molecule has 0 aliphatic carbocycles. The SMILES string of the molecule is O=C1N=C(C(=O)N=S(=O)=O)CS1. The molecule has 12 heavy (non-hydrogen) atoms. The van der Waals surface area contributed by atoms with Crippen LogP contribution in [0, 0.1) is 0 Å². The first kappa shape index (κ1) is 9.07. The Morgan fingerprint density at radius 2 is 2.25 bits per heavy atom. The summed E-state index contributed by atoms with van der Waals surface area (Å²) in [6.45, 7) is 0. The third kappa shape index (κ3) is 2.24. The van der Waals surface area contributed by atoms with Crippen LogP contribution in [0.5, 0.6) is 0 Å². The van der Waals surface area contributed by atoms with Crippen molar-refractivity contribution >= 4 is 39.1 Å². The van der Waals surface area contributed by atoms with E-state index in [1.807, 2.05) is 0 Å². The fraction of sp³-hybridized carbons (Fsp3) is 0.250. The zero-order valence-corrected chi connectivity index (χ0v) is 7.18. The summed E-state index contributed by atoms with van der Waals surface area (Å²) >= 11 is 0.836. The van der Waals surface area contributed by atoms with Crippen molar-refractivity contribution in [3.63, 3.8) is 0 Å². The van der Waals surface area contributed by atoms with Crippen LogP contribution in [0.25, 0.3) is 0 Å². The Balaban J connectivity index is 2.87. The molecule has 1 heterocycles. The van der Waals surface area contributed by atoms with E-state index in [9.17, 15) is 18.0 Å². The van der Waals surface area contributed by atoms with E-state index in [0.29, 0.717) is 0 Å². The number of hydrogen-bond acceptors (Lipinski definition) is 5. The quantitative estimate of drug-likeness (QED) is 0.596. The van der Waals surface area contributed by atoms with Crippen molar-refractivity contribution in [1.82, 2.24) is 0 Å². The Hall–Kier alpha value is -1.02. The molecule has 0 bridgehead atoms. The Labute approximate surface area is 72.8 Å². The largest absolute Gasteiger partial charge is 0.319 e. The van der Waals surface area contributed by atoms with Crippen LogP contribution in [0.4, 0.5) is 4.79 Å². The highest BCUT2D eigenvalue weighted by molar-refractivity contribution is 8.14. The van der Waals surface area contributed by atoms with E-state index in [-0.39, 0.29) is 11.5 Å². The molecular weight excluding hydrogens is 204 g/mol. The maximum atomic E-state index is 10.7. The van der Waals surface area contributed by atoms with Crippen LogP contribution in [0.2, 0.25) is 0 Å². The molecule has 6 nitrogen and oxygen atoms in total. The van der Waals surface area contributed by atoms with Crippen molar-refractivity contribution in [2.24, 2.45) is 9.36 Å². The van der Waals surface area contributed by atoms with Gasteiger partial charge in [0.25, 0.3) is 0 Å². The Bertz CT molecular complexity index is 385. The van der Waals surface area contributed by atoms with E-state index in [2.05, 4.69) is 9.36 Å². The van der Waals surface area contributed by atoms with Gasteiger partial charge in [-0.25, -0.2) is 4.99 Å². The molecule has 0 saturated carbocycles. The minimum atomic E-state index is -2.78. The molecule has 0 aromatic rings. The molecule has 0 spiro atoms. The second kappa shape index (κ2) is 3.59. The van der Waals surface area contributed by atoms with E-state index in [4.69, 9.17) is 0 Å². The number of nitrogens with zero attached hydrogens (tertiary/aromatic N) is 2. The van der Waals surface area contributed by atoms with E-state index in [0.717, 1.165) is 11.8 Å². The zero-order chi connectivity index (χ0) is 9.14. The Morgan fingerprint density at radius 1 is 1.58 bits per heavy atom. The summed E-state index contributed by atoms with van der Waals surface area (Å²) in [5.74, 6) is -0.875. The molecule has 0 fully saturated rings. The monoisotopic (exact) mass is 206 g/mol. The van der Waals surface area contributed by atoms with Gasteiger partial charge in [-0.05, 0) is 0 Å². The van der Waals surface area contributed by atoms with Gasteiger partial charge in [0.05, 0.1) is 5.75 Å². The van der Waals surface area contributed by atoms with Crippen LogP contribution in [0.15, 0.2) is 9.36 Å². The van der Waals surface area contributed by atoms with Gasteiger partial charge >= 0.3 is 21.6 Å². The lowest BCUT2D eigenvalue weighted by Gasteiger charge is -1.83. The van der Waals surface area contributed by atoms with Crippen molar-refractivity contribution in [3.8, 4) is 0 Å². The maximum Gasteiger partial charge on any atom is 0.319 e. The molecule has 0 atom stereocenters. The van der Waals surface area contributed by atoms with Gasteiger partial charge in [-0.15, -0.1) is 0 Å². The number of aliphatic imine (C=N–C) groups is 1. The van der Waals surface area contributed by atoms with Gasteiger partial charge in [0.1, 0.15) is 5.71 Å². The van der Waals surface area contributed by atoms with E-state index in [1.54, 1.807) is 0 Å². The normalized spacial score (nSPS) is 15.7. The van der Waals surface area contributed by atoms with Crippen molar-refractivity contribution in [3.05, 3.63) is 0 Å². The second-order valence-electron chi connectivity index (χ2n) is 1.73. The lowest BCUT2D eigenvalue weighted by molar-refractivity contribution is -0.111. The highest BCUT2D eigenvalue weighted by atomic mass is 32.2. The minimum Gasteiger partial charge on any atom is -0.264 e. The fourth-order valence-electron chi connectivity index (χ4n) is 0.535. The lowest BCUT2D eigenvalue weighted by atomic mass is 10.4. The van der Waals surface area contributed by atoms with Crippen LogP contribution < -0.4 is 0 Å². The number of thioether (sulfide) groups is 1. The first-order valence-electron chi connectivity index (χ1n) is 2.69. The Kier molecular flexibility index (Phi) is 2.71. The summed E-state index contributed by atoms with van der Waals surface area (Å²) in [6, 6.07) is 0. The molecule has 0 N–H and O–H groups in total. The highest BCUT2D eigenvalue weighted by Gasteiger charge is 2.20. The molecule has 0 aromatic heterocycles. The summed E-state index contributed by atoms with van der Waals surface area (Å²) in [7, 11) is -2.78.